The lowest BCUT2D eigenvalue weighted by molar-refractivity contribution is -0.123. The molecular formula is C14H26N2O2. The van der Waals surface area contributed by atoms with Crippen LogP contribution in [-0.4, -0.2) is 47.7 Å². The van der Waals surface area contributed by atoms with Crippen molar-refractivity contribution in [3.63, 3.8) is 0 Å². The van der Waals surface area contributed by atoms with Gasteiger partial charge in [0.2, 0.25) is 5.91 Å². The van der Waals surface area contributed by atoms with Crippen molar-refractivity contribution in [1.82, 2.24) is 10.2 Å². The van der Waals surface area contributed by atoms with Crippen LogP contribution >= 0.6 is 0 Å². The summed E-state index contributed by atoms with van der Waals surface area (Å²) in [6, 6.07) is 0.896. The zero-order chi connectivity index (χ0) is 13.0. The van der Waals surface area contributed by atoms with Crippen LogP contribution in [0.4, 0.5) is 0 Å². The third-order valence-corrected chi connectivity index (χ3v) is 4.26. The Bertz CT molecular complexity index is 271. The monoisotopic (exact) mass is 254 g/mol. The molecule has 4 nitrogen and oxygen atoms in total. The molecule has 18 heavy (non-hydrogen) atoms. The van der Waals surface area contributed by atoms with E-state index in [9.17, 15) is 4.79 Å². The van der Waals surface area contributed by atoms with Crippen LogP contribution in [0.25, 0.3) is 0 Å². The molecule has 2 fully saturated rings. The van der Waals surface area contributed by atoms with Gasteiger partial charge in [-0.25, -0.2) is 0 Å². The van der Waals surface area contributed by atoms with Gasteiger partial charge in [0, 0.05) is 18.6 Å². The van der Waals surface area contributed by atoms with Crippen LogP contribution in [0.5, 0.6) is 0 Å². The lowest BCUT2D eigenvalue weighted by Crippen LogP contribution is -2.46. The van der Waals surface area contributed by atoms with Crippen LogP contribution in [0, 0.1) is 5.92 Å². The van der Waals surface area contributed by atoms with E-state index < -0.39 is 0 Å². The summed E-state index contributed by atoms with van der Waals surface area (Å²) in [5.41, 5.74) is 0. The van der Waals surface area contributed by atoms with Crippen LogP contribution < -0.4 is 5.32 Å². The first-order valence-corrected chi connectivity index (χ1v) is 7.35. The predicted molar refractivity (Wildman–Crippen MR) is 71.2 cm³/mol. The van der Waals surface area contributed by atoms with Crippen LogP contribution in [-0.2, 0) is 4.79 Å². The molecule has 104 valence electrons. The zero-order valence-electron chi connectivity index (χ0n) is 11.4. The van der Waals surface area contributed by atoms with Crippen LogP contribution in [0.1, 0.15) is 45.4 Å². The summed E-state index contributed by atoms with van der Waals surface area (Å²) < 4.78 is 0. The van der Waals surface area contributed by atoms with Crippen molar-refractivity contribution < 1.29 is 9.90 Å². The summed E-state index contributed by atoms with van der Waals surface area (Å²) in [4.78, 5) is 14.2. The Labute approximate surface area is 110 Å². The molecule has 2 saturated carbocycles. The fourth-order valence-corrected chi connectivity index (χ4v) is 2.93. The third-order valence-electron chi connectivity index (χ3n) is 4.26. The van der Waals surface area contributed by atoms with E-state index in [2.05, 4.69) is 17.1 Å². The predicted octanol–water partition coefficient (Wildman–Crippen LogP) is 1.14. The molecule has 2 N–H and O–H groups in total. The Morgan fingerprint density at radius 2 is 2.00 bits per heavy atom. The van der Waals surface area contributed by atoms with Crippen molar-refractivity contribution in [2.75, 3.05) is 19.7 Å². The van der Waals surface area contributed by atoms with E-state index in [1.165, 1.54) is 32.1 Å². The van der Waals surface area contributed by atoms with Gasteiger partial charge in [-0.05, 0) is 31.6 Å². The number of nitrogens with one attached hydrogen (secondary N) is 1. The number of amides is 1. The molecule has 0 radical (unpaired) electrons. The average Bonchev–Trinajstić information content (AvgIpc) is 3.16. The van der Waals surface area contributed by atoms with Crippen LogP contribution in [0.15, 0.2) is 0 Å². The molecule has 0 spiro atoms. The zero-order valence-corrected chi connectivity index (χ0v) is 11.4. The number of aliphatic hydroxyl groups excluding tert-OH is 1. The van der Waals surface area contributed by atoms with E-state index in [0.29, 0.717) is 31.1 Å². The van der Waals surface area contributed by atoms with Gasteiger partial charge in [0.1, 0.15) is 0 Å². The Hall–Kier alpha value is -0.610. The molecule has 0 aliphatic heterocycles. The molecule has 2 rings (SSSR count). The van der Waals surface area contributed by atoms with Crippen molar-refractivity contribution in [2.45, 2.75) is 57.5 Å². The first-order chi connectivity index (χ1) is 8.70. The molecule has 0 aromatic carbocycles. The maximum Gasteiger partial charge on any atom is 0.234 e. The standard InChI is InChI=1S/C14H26N2O2/c1-11-4-2-3-5-13(11)15-14(18)10-16(8-9-17)12-6-7-12/h11-13,17H,2-10H2,1H3,(H,15,18). The number of hydrogen-bond donors (Lipinski definition) is 2. The first-order valence-electron chi connectivity index (χ1n) is 7.35. The first kappa shape index (κ1) is 13.8. The lowest BCUT2D eigenvalue weighted by atomic mass is 9.86. The molecule has 0 bridgehead atoms. The number of hydrogen-bond acceptors (Lipinski definition) is 3. The minimum Gasteiger partial charge on any atom is -0.395 e. The van der Waals surface area contributed by atoms with Gasteiger partial charge >= 0.3 is 0 Å². The minimum atomic E-state index is 0.133. The molecular weight excluding hydrogens is 228 g/mol. The van der Waals surface area contributed by atoms with Gasteiger partial charge in [0.25, 0.3) is 0 Å². The molecule has 0 aromatic heterocycles. The van der Waals surface area contributed by atoms with E-state index in [1.54, 1.807) is 0 Å². The Morgan fingerprint density at radius 1 is 1.28 bits per heavy atom. The smallest absolute Gasteiger partial charge is 0.234 e. The molecule has 0 saturated heterocycles. The van der Waals surface area contributed by atoms with E-state index in [4.69, 9.17) is 5.11 Å². The summed E-state index contributed by atoms with van der Waals surface area (Å²) in [5, 5.41) is 12.2. The molecule has 4 heteroatoms. The van der Waals surface area contributed by atoms with Crippen molar-refractivity contribution in [2.24, 2.45) is 5.92 Å². The summed E-state index contributed by atoms with van der Waals surface area (Å²) >= 11 is 0. The van der Waals surface area contributed by atoms with E-state index in [1.807, 2.05) is 0 Å². The molecule has 0 heterocycles. The second kappa shape index (κ2) is 6.53. The highest BCUT2D eigenvalue weighted by molar-refractivity contribution is 5.78. The van der Waals surface area contributed by atoms with Crippen LogP contribution in [0.3, 0.4) is 0 Å². The number of carbonyl (C=O) groups excluding carboxylic acids is 1. The Balaban J connectivity index is 1.75. The molecule has 2 atom stereocenters. The molecule has 2 aliphatic carbocycles. The van der Waals surface area contributed by atoms with E-state index in [0.717, 1.165) is 6.42 Å². The van der Waals surface area contributed by atoms with Crippen molar-refractivity contribution in [1.29, 1.82) is 0 Å². The van der Waals surface area contributed by atoms with Gasteiger partial charge in [-0.1, -0.05) is 19.8 Å². The van der Waals surface area contributed by atoms with Gasteiger partial charge in [-0.3, -0.25) is 9.69 Å². The van der Waals surface area contributed by atoms with Gasteiger partial charge in [-0.15, -0.1) is 0 Å². The van der Waals surface area contributed by atoms with Crippen molar-refractivity contribution in [3.8, 4) is 0 Å². The fourth-order valence-electron chi connectivity index (χ4n) is 2.93. The summed E-state index contributed by atoms with van der Waals surface area (Å²) in [6.45, 7) is 3.45. The maximum atomic E-state index is 12.0. The summed E-state index contributed by atoms with van der Waals surface area (Å²) in [7, 11) is 0. The molecule has 0 aromatic rings. The normalized spacial score (nSPS) is 28.4. The average molecular weight is 254 g/mol. The Morgan fingerprint density at radius 3 is 2.61 bits per heavy atom. The third kappa shape index (κ3) is 3.95. The minimum absolute atomic E-state index is 0.133. The Kier molecular flexibility index (Phi) is 5.01. The van der Waals surface area contributed by atoms with Gasteiger partial charge in [0.05, 0.1) is 13.2 Å². The second-order valence-corrected chi connectivity index (χ2v) is 5.86. The van der Waals surface area contributed by atoms with Crippen LogP contribution in [0.2, 0.25) is 0 Å². The maximum absolute atomic E-state index is 12.0. The molecule has 2 unspecified atom stereocenters. The highest BCUT2D eigenvalue weighted by Gasteiger charge is 2.30. The fraction of sp³-hybridized carbons (Fsp3) is 0.929. The quantitative estimate of drug-likeness (QED) is 0.747. The van der Waals surface area contributed by atoms with Crippen molar-refractivity contribution in [3.05, 3.63) is 0 Å². The second-order valence-electron chi connectivity index (χ2n) is 5.86. The van der Waals surface area contributed by atoms with Gasteiger partial charge < -0.3 is 10.4 Å². The lowest BCUT2D eigenvalue weighted by Gasteiger charge is -2.30. The molecule has 1 amide bonds. The van der Waals surface area contributed by atoms with Gasteiger partial charge in [-0.2, -0.15) is 0 Å². The largest absolute Gasteiger partial charge is 0.395 e. The highest BCUT2D eigenvalue weighted by Crippen LogP contribution is 2.26. The number of carbonyl (C=O) groups is 1. The summed E-state index contributed by atoms with van der Waals surface area (Å²) in [6.07, 6.45) is 7.23. The van der Waals surface area contributed by atoms with Crippen molar-refractivity contribution >= 4 is 5.91 Å². The topological polar surface area (TPSA) is 52.6 Å². The van der Waals surface area contributed by atoms with E-state index in [-0.39, 0.29) is 12.5 Å². The SMILES string of the molecule is CC1CCCCC1NC(=O)CN(CCO)C1CC1. The number of nitrogens with zero attached hydrogens (tertiary/aromatic N) is 1. The number of aliphatic hydroxyl groups is 1. The highest BCUT2D eigenvalue weighted by atomic mass is 16.3. The van der Waals surface area contributed by atoms with Gasteiger partial charge in [0.15, 0.2) is 0 Å². The summed E-state index contributed by atoms with van der Waals surface area (Å²) in [5.74, 6) is 0.740. The molecule has 2 aliphatic rings. The number of rotatable bonds is 6. The van der Waals surface area contributed by atoms with E-state index >= 15 is 0 Å².